The summed E-state index contributed by atoms with van der Waals surface area (Å²) in [5.41, 5.74) is 0. The largest absolute Gasteiger partial charge is 0.340 e. The van der Waals surface area contributed by atoms with Crippen LogP contribution in [0.15, 0.2) is 12.4 Å². The minimum absolute atomic E-state index is 0.0750. The maximum absolute atomic E-state index is 12.6. The van der Waals surface area contributed by atoms with E-state index in [1.165, 1.54) is 16.3 Å². The Labute approximate surface area is 148 Å². The fraction of sp³-hybridized carbons (Fsp3) is 0.400. The number of hydrazine groups is 2. The van der Waals surface area contributed by atoms with Crippen molar-refractivity contribution in [2.24, 2.45) is 0 Å². The van der Waals surface area contributed by atoms with Crippen molar-refractivity contribution in [1.29, 1.82) is 0 Å². The molecule has 0 aliphatic carbocycles. The molecule has 0 radical (unpaired) electrons. The van der Waals surface area contributed by atoms with Gasteiger partial charge in [-0.05, 0) is 12.2 Å². The molecule has 2 rings (SSSR count). The number of imidazole rings is 1. The molecule has 0 aromatic carbocycles. The van der Waals surface area contributed by atoms with E-state index in [1.807, 2.05) is 16.8 Å². The Kier molecular flexibility index (Phi) is 6.32. The predicted molar refractivity (Wildman–Crippen MR) is 98.7 cm³/mol. The highest BCUT2D eigenvalue weighted by Gasteiger charge is 2.32. The van der Waals surface area contributed by atoms with E-state index in [4.69, 9.17) is 24.4 Å². The summed E-state index contributed by atoms with van der Waals surface area (Å²) in [7, 11) is 0. The number of nitrogens with zero attached hydrogens (tertiary/aromatic N) is 4. The molecule has 1 N–H and O–H groups in total. The van der Waals surface area contributed by atoms with Gasteiger partial charge in [0.25, 0.3) is 0 Å². The first-order valence-corrected chi connectivity index (χ1v) is 8.81. The number of H-pyrrole nitrogens is 1. The number of thiol groups is 2. The zero-order valence-electron chi connectivity index (χ0n) is 10.8. The molecule has 1 aromatic heterocycles. The van der Waals surface area contributed by atoms with Gasteiger partial charge in [0.1, 0.15) is 0 Å². The van der Waals surface area contributed by atoms with Crippen LogP contribution in [0.3, 0.4) is 0 Å². The summed E-state index contributed by atoms with van der Waals surface area (Å²) in [6, 6.07) is 0. The number of aromatic amines is 1. The molecule has 0 spiro atoms. The van der Waals surface area contributed by atoms with Crippen molar-refractivity contribution in [3.05, 3.63) is 18.2 Å². The van der Waals surface area contributed by atoms with Gasteiger partial charge in [-0.2, -0.15) is 26.9 Å². The third kappa shape index (κ3) is 4.11. The van der Waals surface area contributed by atoms with Crippen LogP contribution in [0.25, 0.3) is 0 Å². The van der Waals surface area contributed by atoms with E-state index >= 15 is 0 Å². The summed E-state index contributed by atoms with van der Waals surface area (Å²) in [6.45, 7) is 1.48. The SMILES string of the molecule is O=C(c1ncc[nH]1)N(C(=S)S)N(C(=S)S)N1CCSCC1. The van der Waals surface area contributed by atoms with Gasteiger partial charge in [0.15, 0.2) is 14.5 Å². The van der Waals surface area contributed by atoms with E-state index in [1.54, 1.807) is 6.20 Å². The number of aromatic nitrogens is 2. The lowest BCUT2D eigenvalue weighted by Gasteiger charge is -2.42. The van der Waals surface area contributed by atoms with E-state index in [0.717, 1.165) is 24.6 Å². The molecule has 0 atom stereocenters. The highest BCUT2D eigenvalue weighted by atomic mass is 32.2. The van der Waals surface area contributed by atoms with Gasteiger partial charge >= 0.3 is 5.91 Å². The van der Waals surface area contributed by atoms with Crippen LogP contribution in [-0.2, 0) is 0 Å². The normalized spacial score (nSPS) is 15.5. The van der Waals surface area contributed by atoms with Crippen LogP contribution in [0, 0.1) is 0 Å². The standard InChI is InChI=1S/C10H13N5OS5/c16-8(7-11-1-2-12-7)14(9(17)18)15(10(19)20)13-3-5-21-6-4-13/h1-2H,3-6H2,(H,11,12)(H,17,18)(H,19,20). The monoisotopic (exact) mass is 379 g/mol. The Hall–Kier alpha value is -0.330. The van der Waals surface area contributed by atoms with Crippen LogP contribution in [0.2, 0.25) is 0 Å². The molecule has 114 valence electrons. The number of rotatable bonds is 2. The minimum atomic E-state index is -0.436. The van der Waals surface area contributed by atoms with E-state index in [0.29, 0.717) is 0 Å². The fourth-order valence-corrected chi connectivity index (χ4v) is 3.45. The number of carbonyl (C=O) groups excluding carboxylic acids is 1. The van der Waals surface area contributed by atoms with Crippen molar-refractivity contribution in [2.75, 3.05) is 24.6 Å². The van der Waals surface area contributed by atoms with Crippen molar-refractivity contribution in [2.45, 2.75) is 0 Å². The minimum Gasteiger partial charge on any atom is -0.340 e. The molecule has 1 aliphatic rings. The molecule has 2 heterocycles. The van der Waals surface area contributed by atoms with Gasteiger partial charge in [0.05, 0.1) is 0 Å². The Balaban J connectivity index is 2.30. The molecule has 1 fully saturated rings. The quantitative estimate of drug-likeness (QED) is 0.409. The number of hydrogen-bond donors (Lipinski definition) is 3. The number of amides is 1. The maximum Gasteiger partial charge on any atom is 0.315 e. The fourth-order valence-electron chi connectivity index (χ4n) is 1.81. The molecular weight excluding hydrogens is 366 g/mol. The highest BCUT2D eigenvalue weighted by Crippen LogP contribution is 2.18. The van der Waals surface area contributed by atoms with Gasteiger partial charge in [-0.15, -0.1) is 25.3 Å². The third-order valence-electron chi connectivity index (χ3n) is 2.69. The van der Waals surface area contributed by atoms with E-state index in [-0.39, 0.29) is 14.5 Å². The Bertz CT molecular complexity index is 530. The summed E-state index contributed by atoms with van der Waals surface area (Å²) in [4.78, 5) is 19.3. The second-order valence-electron chi connectivity index (χ2n) is 3.98. The lowest BCUT2D eigenvalue weighted by molar-refractivity contribution is -0.0519. The first-order chi connectivity index (χ1) is 10.0. The first-order valence-electron chi connectivity index (χ1n) is 5.94. The summed E-state index contributed by atoms with van der Waals surface area (Å²) >= 11 is 20.5. The molecule has 1 saturated heterocycles. The van der Waals surface area contributed by atoms with Gasteiger partial charge in [-0.1, -0.05) is 12.2 Å². The summed E-state index contributed by atoms with van der Waals surface area (Å²) in [5.74, 6) is 1.60. The average Bonchev–Trinajstić information content (AvgIpc) is 2.98. The molecule has 6 nitrogen and oxygen atoms in total. The highest BCUT2D eigenvalue weighted by molar-refractivity contribution is 8.11. The van der Waals surface area contributed by atoms with Crippen LogP contribution in [-0.4, -0.2) is 64.2 Å². The molecule has 0 saturated carbocycles. The molecule has 1 aliphatic heterocycles. The summed E-state index contributed by atoms with van der Waals surface area (Å²) in [6.07, 6.45) is 3.06. The summed E-state index contributed by atoms with van der Waals surface area (Å²) < 4.78 is 0.296. The molecule has 21 heavy (non-hydrogen) atoms. The van der Waals surface area contributed by atoms with E-state index in [9.17, 15) is 4.79 Å². The maximum atomic E-state index is 12.6. The topological polar surface area (TPSA) is 55.5 Å². The number of carbonyl (C=O) groups is 1. The first kappa shape index (κ1) is 17.0. The lowest BCUT2D eigenvalue weighted by Crippen LogP contribution is -2.59. The summed E-state index contributed by atoms with van der Waals surface area (Å²) in [5, 5.41) is 4.61. The molecule has 1 amide bonds. The van der Waals surface area contributed by atoms with Crippen molar-refractivity contribution in [1.82, 2.24) is 25.1 Å². The zero-order valence-corrected chi connectivity index (χ0v) is 15.0. The molecule has 11 heteroatoms. The Morgan fingerprint density at radius 1 is 1.33 bits per heavy atom. The van der Waals surface area contributed by atoms with E-state index in [2.05, 4.69) is 35.2 Å². The molecular formula is C10H13N5OS5. The number of thiocarbonyl (C=S) groups is 2. The van der Waals surface area contributed by atoms with Gasteiger partial charge in [-0.25, -0.2) is 4.98 Å². The van der Waals surface area contributed by atoms with Crippen LogP contribution >= 0.6 is 61.5 Å². The number of nitrogens with one attached hydrogen (secondary N) is 1. The number of hydrogen-bond acceptors (Lipinski definition) is 6. The van der Waals surface area contributed by atoms with Gasteiger partial charge in [0.2, 0.25) is 0 Å². The number of thioether (sulfide) groups is 1. The van der Waals surface area contributed by atoms with Crippen LogP contribution in [0.4, 0.5) is 0 Å². The second kappa shape index (κ2) is 7.79. The predicted octanol–water partition coefficient (Wildman–Crippen LogP) is 1.46. The van der Waals surface area contributed by atoms with Gasteiger partial charge in [0, 0.05) is 37.0 Å². The smallest absolute Gasteiger partial charge is 0.315 e. The van der Waals surface area contributed by atoms with Crippen LogP contribution in [0.5, 0.6) is 0 Å². The molecule has 1 aromatic rings. The lowest BCUT2D eigenvalue weighted by atomic mass is 10.5. The average molecular weight is 380 g/mol. The van der Waals surface area contributed by atoms with Gasteiger partial charge in [-0.3, -0.25) is 4.79 Å². The molecule has 0 bridgehead atoms. The van der Waals surface area contributed by atoms with Crippen molar-refractivity contribution >= 4 is 76.0 Å². The van der Waals surface area contributed by atoms with Crippen molar-refractivity contribution in [3.63, 3.8) is 0 Å². The van der Waals surface area contributed by atoms with Crippen LogP contribution in [0.1, 0.15) is 10.6 Å². The Morgan fingerprint density at radius 3 is 2.48 bits per heavy atom. The van der Waals surface area contributed by atoms with Gasteiger partial charge < -0.3 is 4.98 Å². The van der Waals surface area contributed by atoms with Crippen molar-refractivity contribution < 1.29 is 4.79 Å². The zero-order chi connectivity index (χ0) is 15.4. The Morgan fingerprint density at radius 2 is 2.00 bits per heavy atom. The molecule has 0 unspecified atom stereocenters. The second-order valence-corrected chi connectivity index (χ2v) is 7.43. The van der Waals surface area contributed by atoms with Crippen LogP contribution < -0.4 is 0 Å². The third-order valence-corrected chi connectivity index (χ3v) is 4.34. The van der Waals surface area contributed by atoms with E-state index < -0.39 is 5.91 Å². The van der Waals surface area contributed by atoms with Crippen molar-refractivity contribution in [3.8, 4) is 0 Å².